The molecule has 3 rings (SSSR count). The minimum Gasteiger partial charge on any atom is -0.393 e. The van der Waals surface area contributed by atoms with Gasteiger partial charge in [-0.25, -0.2) is 0 Å². The van der Waals surface area contributed by atoms with Gasteiger partial charge in [0.15, 0.2) is 0 Å². The molecule has 2 nitrogen and oxygen atoms in total. The molecular formula is C15H20N2S. The lowest BCUT2D eigenvalue weighted by atomic mass is 9.79. The van der Waals surface area contributed by atoms with Gasteiger partial charge in [0.25, 0.3) is 0 Å². The topological polar surface area (TPSA) is 38.9 Å². The molecule has 0 saturated carbocycles. The predicted molar refractivity (Wildman–Crippen MR) is 78.1 cm³/mol. The predicted octanol–water partition coefficient (Wildman–Crippen LogP) is 2.97. The van der Waals surface area contributed by atoms with Gasteiger partial charge in [-0.2, -0.15) is 0 Å². The molecule has 0 aromatic carbocycles. The number of rotatable bonds is 1. The Kier molecular flexibility index (Phi) is 3.10. The van der Waals surface area contributed by atoms with Crippen LogP contribution in [0.2, 0.25) is 0 Å². The molecule has 0 spiro atoms. The summed E-state index contributed by atoms with van der Waals surface area (Å²) in [5, 5.41) is 0. The second-order valence-corrected chi connectivity index (χ2v) is 6.04. The first-order valence-electron chi connectivity index (χ1n) is 6.99. The quantitative estimate of drug-likeness (QED) is 0.789. The van der Waals surface area contributed by atoms with Crippen LogP contribution in [0.3, 0.4) is 0 Å². The molecule has 1 aromatic heterocycles. The van der Waals surface area contributed by atoms with E-state index in [1.807, 2.05) is 0 Å². The van der Waals surface area contributed by atoms with E-state index in [4.69, 9.17) is 22.9 Å². The first-order valence-corrected chi connectivity index (χ1v) is 7.39. The molecule has 0 amide bonds. The van der Waals surface area contributed by atoms with E-state index < -0.39 is 0 Å². The normalized spacial score (nSPS) is 22.2. The average molecular weight is 260 g/mol. The van der Waals surface area contributed by atoms with Crippen molar-refractivity contribution in [3.63, 3.8) is 0 Å². The number of hydrogen-bond acceptors (Lipinski definition) is 2. The number of nitrogens with two attached hydrogens (primary N) is 1. The van der Waals surface area contributed by atoms with Crippen LogP contribution in [0.4, 0.5) is 0 Å². The van der Waals surface area contributed by atoms with Gasteiger partial charge in [-0.1, -0.05) is 12.2 Å². The Labute approximate surface area is 114 Å². The number of fused-ring (bicyclic) bond motifs is 3. The summed E-state index contributed by atoms with van der Waals surface area (Å²) in [6.45, 7) is 2.15. The smallest absolute Gasteiger partial charge is 0.0819 e. The van der Waals surface area contributed by atoms with E-state index in [0.717, 1.165) is 6.42 Å². The van der Waals surface area contributed by atoms with Crippen molar-refractivity contribution in [3.05, 3.63) is 28.1 Å². The molecule has 0 radical (unpaired) electrons. The zero-order valence-electron chi connectivity index (χ0n) is 11.0. The Hall–Kier alpha value is -0.960. The van der Waals surface area contributed by atoms with Crippen molar-refractivity contribution in [1.29, 1.82) is 0 Å². The van der Waals surface area contributed by atoms with E-state index >= 15 is 0 Å². The van der Waals surface area contributed by atoms with Crippen molar-refractivity contribution in [2.75, 3.05) is 0 Å². The summed E-state index contributed by atoms with van der Waals surface area (Å²) < 4.78 is 0. The number of thiocarbonyl (C=S) groups is 1. The lowest BCUT2D eigenvalue weighted by Gasteiger charge is -2.30. The molecule has 2 N–H and O–H groups in total. The van der Waals surface area contributed by atoms with Crippen LogP contribution in [0.15, 0.2) is 0 Å². The molecule has 0 aliphatic heterocycles. The third-order valence-electron chi connectivity index (χ3n) is 4.46. The Balaban J connectivity index is 2.17. The van der Waals surface area contributed by atoms with Gasteiger partial charge in [-0.05, 0) is 68.6 Å². The van der Waals surface area contributed by atoms with E-state index in [1.165, 1.54) is 61.0 Å². The number of aromatic nitrogens is 1. The molecule has 2 aliphatic carbocycles. The first kappa shape index (κ1) is 12.1. The zero-order chi connectivity index (χ0) is 12.7. The van der Waals surface area contributed by atoms with Crippen LogP contribution in [0.25, 0.3) is 0 Å². The summed E-state index contributed by atoms with van der Waals surface area (Å²) in [7, 11) is 0. The number of nitrogens with zero attached hydrogens (tertiary/aromatic N) is 1. The maximum absolute atomic E-state index is 5.90. The molecular weight excluding hydrogens is 240 g/mol. The number of hydrogen-bond donors (Lipinski definition) is 1. The van der Waals surface area contributed by atoms with Gasteiger partial charge >= 0.3 is 0 Å². The van der Waals surface area contributed by atoms with Crippen LogP contribution in [-0.2, 0) is 19.3 Å². The molecule has 3 heteroatoms. The van der Waals surface area contributed by atoms with Crippen LogP contribution in [0.5, 0.6) is 0 Å². The fraction of sp³-hybridized carbons (Fsp3) is 0.600. The fourth-order valence-electron chi connectivity index (χ4n) is 3.57. The minimum absolute atomic E-state index is 0.217. The summed E-state index contributed by atoms with van der Waals surface area (Å²) in [5.74, 6) is 0.217. The van der Waals surface area contributed by atoms with E-state index in [2.05, 4.69) is 6.92 Å². The summed E-state index contributed by atoms with van der Waals surface area (Å²) in [4.78, 5) is 5.49. The zero-order valence-corrected chi connectivity index (χ0v) is 11.8. The Morgan fingerprint density at radius 1 is 1.11 bits per heavy atom. The molecule has 0 fully saturated rings. The standard InChI is InChI=1S/C15H20N2S/c1-9-10-5-2-3-6-11(10)12-7-4-8-13(15(16)18)14(12)17-9/h13H,2-8H2,1H3,(H2,16,18). The van der Waals surface area contributed by atoms with E-state index in [9.17, 15) is 0 Å². The Morgan fingerprint density at radius 3 is 2.50 bits per heavy atom. The molecule has 96 valence electrons. The average Bonchev–Trinajstić information content (AvgIpc) is 2.38. The van der Waals surface area contributed by atoms with E-state index in [0.29, 0.717) is 4.99 Å². The third-order valence-corrected chi connectivity index (χ3v) is 4.74. The molecule has 1 atom stereocenters. The fourth-order valence-corrected chi connectivity index (χ4v) is 3.80. The van der Waals surface area contributed by atoms with Crippen LogP contribution in [-0.4, -0.2) is 9.97 Å². The monoisotopic (exact) mass is 260 g/mol. The third kappa shape index (κ3) is 1.85. The molecule has 1 unspecified atom stereocenters. The molecule has 1 heterocycles. The maximum Gasteiger partial charge on any atom is 0.0819 e. The van der Waals surface area contributed by atoms with Gasteiger partial charge in [-0.15, -0.1) is 0 Å². The van der Waals surface area contributed by atoms with Gasteiger partial charge < -0.3 is 5.73 Å². The van der Waals surface area contributed by atoms with Crippen molar-refractivity contribution in [3.8, 4) is 0 Å². The van der Waals surface area contributed by atoms with Gasteiger partial charge in [0.2, 0.25) is 0 Å². The lowest BCUT2D eigenvalue weighted by molar-refractivity contribution is 0.600. The molecule has 18 heavy (non-hydrogen) atoms. The highest BCUT2D eigenvalue weighted by molar-refractivity contribution is 7.80. The van der Waals surface area contributed by atoms with Gasteiger partial charge in [-0.3, -0.25) is 4.98 Å². The summed E-state index contributed by atoms with van der Waals surface area (Å²) in [5.41, 5.74) is 12.9. The van der Waals surface area contributed by atoms with Crippen molar-refractivity contribution in [2.24, 2.45) is 5.73 Å². The van der Waals surface area contributed by atoms with Gasteiger partial charge in [0.1, 0.15) is 0 Å². The largest absolute Gasteiger partial charge is 0.393 e. The second kappa shape index (κ2) is 4.61. The SMILES string of the molecule is Cc1nc2c(c3c1CCCC3)CCCC2C(N)=S. The van der Waals surface area contributed by atoms with Crippen LogP contribution in [0, 0.1) is 6.92 Å². The summed E-state index contributed by atoms with van der Waals surface area (Å²) in [6.07, 6.45) is 8.52. The Morgan fingerprint density at radius 2 is 1.78 bits per heavy atom. The summed E-state index contributed by atoms with van der Waals surface area (Å²) >= 11 is 5.23. The highest BCUT2D eigenvalue weighted by atomic mass is 32.1. The molecule has 0 saturated heterocycles. The van der Waals surface area contributed by atoms with Crippen LogP contribution >= 0.6 is 12.2 Å². The molecule has 2 aliphatic rings. The summed E-state index contributed by atoms with van der Waals surface area (Å²) in [6, 6.07) is 0. The van der Waals surface area contributed by atoms with Gasteiger partial charge in [0.05, 0.1) is 16.6 Å². The highest BCUT2D eigenvalue weighted by Crippen LogP contribution is 2.37. The number of pyridine rings is 1. The lowest BCUT2D eigenvalue weighted by Crippen LogP contribution is -2.27. The minimum atomic E-state index is 0.217. The van der Waals surface area contributed by atoms with Crippen molar-refractivity contribution < 1.29 is 0 Å². The van der Waals surface area contributed by atoms with Crippen molar-refractivity contribution in [2.45, 2.75) is 57.8 Å². The van der Waals surface area contributed by atoms with Crippen molar-refractivity contribution in [1.82, 2.24) is 4.98 Å². The highest BCUT2D eigenvalue weighted by Gasteiger charge is 2.28. The maximum atomic E-state index is 5.90. The van der Waals surface area contributed by atoms with E-state index in [1.54, 1.807) is 5.56 Å². The van der Waals surface area contributed by atoms with Gasteiger partial charge in [0, 0.05) is 5.69 Å². The molecule has 0 bridgehead atoms. The molecule has 1 aromatic rings. The van der Waals surface area contributed by atoms with Crippen LogP contribution in [0.1, 0.15) is 59.7 Å². The van der Waals surface area contributed by atoms with Crippen molar-refractivity contribution >= 4 is 17.2 Å². The second-order valence-electron chi connectivity index (χ2n) is 5.57. The van der Waals surface area contributed by atoms with Crippen LogP contribution < -0.4 is 5.73 Å². The number of aryl methyl sites for hydroxylation is 1. The Bertz CT molecular complexity index is 508. The first-order chi connectivity index (χ1) is 8.68. The van der Waals surface area contributed by atoms with E-state index in [-0.39, 0.29) is 5.92 Å².